The lowest BCUT2D eigenvalue weighted by Gasteiger charge is -2.19. The maximum atomic E-state index is 13.6. The Kier molecular flexibility index (Phi) is 6.28. The first-order valence-electron chi connectivity index (χ1n) is 10.9. The fraction of sp³-hybridized carbons (Fsp3) is 0.348. The molecule has 2 aliphatic heterocycles. The summed E-state index contributed by atoms with van der Waals surface area (Å²) in [6.45, 7) is 2.15. The van der Waals surface area contributed by atoms with Crippen molar-refractivity contribution in [1.82, 2.24) is 20.2 Å². The summed E-state index contributed by atoms with van der Waals surface area (Å²) in [5, 5.41) is 9.66. The minimum atomic E-state index is -0.435. The van der Waals surface area contributed by atoms with Crippen molar-refractivity contribution in [2.24, 2.45) is 0 Å². The van der Waals surface area contributed by atoms with Crippen LogP contribution in [0.15, 0.2) is 47.3 Å². The molecule has 0 aliphatic carbocycles. The number of hydrogen-bond acceptors (Lipinski definition) is 6. The number of aromatic nitrogens is 2. The third-order valence-electron chi connectivity index (χ3n) is 5.73. The predicted molar refractivity (Wildman–Crippen MR) is 125 cm³/mol. The number of benzene rings is 2. The lowest BCUT2D eigenvalue weighted by molar-refractivity contribution is -0.0369. The molecule has 2 amide bonds. The second kappa shape index (κ2) is 9.48. The summed E-state index contributed by atoms with van der Waals surface area (Å²) in [6, 6.07) is 11.9. The zero-order valence-corrected chi connectivity index (χ0v) is 18.6. The van der Waals surface area contributed by atoms with Gasteiger partial charge in [0.25, 0.3) is 5.56 Å². The molecule has 3 N–H and O–H groups in total. The van der Waals surface area contributed by atoms with Crippen LogP contribution in [-0.4, -0.2) is 48.2 Å². The van der Waals surface area contributed by atoms with Crippen LogP contribution >= 0.6 is 11.6 Å². The molecule has 2 fully saturated rings. The number of fused-ring (bicyclic) bond motifs is 1. The molecule has 172 valence electrons. The zero-order chi connectivity index (χ0) is 22.8. The van der Waals surface area contributed by atoms with Gasteiger partial charge in [-0.05, 0) is 49.7 Å². The van der Waals surface area contributed by atoms with Gasteiger partial charge in [-0.3, -0.25) is 9.36 Å². The van der Waals surface area contributed by atoms with Gasteiger partial charge < -0.3 is 25.4 Å². The standard InChI is InChI=1S/C23H24ClN5O4/c24-16-6-2-7-17-20(16)22(30)29(21(28-17)18-8-3-9-25-18)15-5-1-4-14(12-15)27-23(31)26-13-19-32-10-11-33-19/h1-2,4-7,12,18-19,25H,3,8-11,13H2,(H2,26,27,31)/t18-/m0/s1. The van der Waals surface area contributed by atoms with Crippen LogP contribution < -0.4 is 21.5 Å². The zero-order valence-electron chi connectivity index (χ0n) is 17.8. The monoisotopic (exact) mass is 469 g/mol. The molecule has 1 atom stereocenters. The number of rotatable bonds is 5. The van der Waals surface area contributed by atoms with Crippen molar-refractivity contribution in [3.8, 4) is 5.69 Å². The summed E-state index contributed by atoms with van der Waals surface area (Å²) in [5.74, 6) is 0.629. The third kappa shape index (κ3) is 4.58. The van der Waals surface area contributed by atoms with Crippen LogP contribution in [0.4, 0.5) is 10.5 Å². The first-order valence-corrected chi connectivity index (χ1v) is 11.3. The number of nitrogens with zero attached hydrogens (tertiary/aromatic N) is 2. The second-order valence-corrected chi connectivity index (χ2v) is 8.36. The average molecular weight is 470 g/mol. The first-order chi connectivity index (χ1) is 16.1. The van der Waals surface area contributed by atoms with Gasteiger partial charge in [-0.15, -0.1) is 0 Å². The fourth-order valence-corrected chi connectivity index (χ4v) is 4.44. The van der Waals surface area contributed by atoms with Crippen LogP contribution in [0.2, 0.25) is 5.02 Å². The largest absolute Gasteiger partial charge is 0.348 e. The summed E-state index contributed by atoms with van der Waals surface area (Å²) in [6.07, 6.45) is 1.45. The van der Waals surface area contributed by atoms with Crippen molar-refractivity contribution in [2.45, 2.75) is 25.2 Å². The number of carbonyl (C=O) groups excluding carboxylic acids is 1. The highest BCUT2D eigenvalue weighted by Crippen LogP contribution is 2.27. The SMILES string of the molecule is O=C(NCC1OCCO1)Nc1cccc(-n2c([C@@H]3CCCN3)nc3cccc(Cl)c3c2=O)c1. The molecular weight excluding hydrogens is 446 g/mol. The van der Waals surface area contributed by atoms with Gasteiger partial charge in [-0.25, -0.2) is 9.78 Å². The van der Waals surface area contributed by atoms with E-state index < -0.39 is 12.3 Å². The summed E-state index contributed by atoms with van der Waals surface area (Å²) in [7, 11) is 0. The maximum Gasteiger partial charge on any atom is 0.319 e. The van der Waals surface area contributed by atoms with Crippen LogP contribution in [0.3, 0.4) is 0 Å². The van der Waals surface area contributed by atoms with Crippen molar-refractivity contribution >= 4 is 34.2 Å². The lowest BCUT2D eigenvalue weighted by Crippen LogP contribution is -2.35. The molecule has 2 aliphatic rings. The summed E-state index contributed by atoms with van der Waals surface area (Å²) in [5.41, 5.74) is 1.46. The normalized spacial score (nSPS) is 18.6. The fourth-order valence-electron chi connectivity index (χ4n) is 4.19. The molecule has 3 aromatic rings. The average Bonchev–Trinajstić information content (AvgIpc) is 3.52. The molecule has 33 heavy (non-hydrogen) atoms. The molecule has 0 saturated carbocycles. The van der Waals surface area contributed by atoms with Gasteiger partial charge in [0.05, 0.1) is 47.4 Å². The van der Waals surface area contributed by atoms with Gasteiger partial charge in [-0.1, -0.05) is 23.7 Å². The first kappa shape index (κ1) is 21.8. The minimum absolute atomic E-state index is 0.0487. The molecule has 0 unspecified atom stereocenters. The summed E-state index contributed by atoms with van der Waals surface area (Å²) < 4.78 is 12.2. The molecule has 2 aromatic carbocycles. The number of halogens is 1. The highest BCUT2D eigenvalue weighted by atomic mass is 35.5. The molecule has 5 rings (SSSR count). The summed E-state index contributed by atoms with van der Waals surface area (Å²) >= 11 is 6.37. The number of carbonyl (C=O) groups is 1. The molecule has 0 bridgehead atoms. The van der Waals surface area contributed by atoms with Crippen LogP contribution in [-0.2, 0) is 9.47 Å². The molecule has 10 heteroatoms. The van der Waals surface area contributed by atoms with E-state index >= 15 is 0 Å². The van der Waals surface area contributed by atoms with E-state index in [2.05, 4.69) is 16.0 Å². The number of ether oxygens (including phenoxy) is 2. The van der Waals surface area contributed by atoms with Gasteiger partial charge in [0.15, 0.2) is 6.29 Å². The van der Waals surface area contributed by atoms with Gasteiger partial charge in [0.1, 0.15) is 5.82 Å². The van der Waals surface area contributed by atoms with E-state index in [0.29, 0.717) is 46.3 Å². The Bertz CT molecular complexity index is 1240. The lowest BCUT2D eigenvalue weighted by atomic mass is 10.1. The van der Waals surface area contributed by atoms with E-state index in [1.54, 1.807) is 41.0 Å². The van der Waals surface area contributed by atoms with Gasteiger partial charge in [0.2, 0.25) is 0 Å². The van der Waals surface area contributed by atoms with E-state index in [4.69, 9.17) is 26.1 Å². The van der Waals surface area contributed by atoms with E-state index in [1.807, 2.05) is 6.07 Å². The molecule has 2 saturated heterocycles. The van der Waals surface area contributed by atoms with Gasteiger partial charge in [-0.2, -0.15) is 0 Å². The number of hydrogen-bond donors (Lipinski definition) is 3. The van der Waals surface area contributed by atoms with Crippen LogP contribution in [0.5, 0.6) is 0 Å². The Hall–Kier alpha value is -2.98. The number of urea groups is 1. The molecular formula is C23H24ClN5O4. The van der Waals surface area contributed by atoms with Crippen LogP contribution in [0.1, 0.15) is 24.7 Å². The van der Waals surface area contributed by atoms with Crippen molar-refractivity contribution in [1.29, 1.82) is 0 Å². The topological polar surface area (TPSA) is 107 Å². The van der Waals surface area contributed by atoms with Crippen molar-refractivity contribution in [3.05, 3.63) is 63.7 Å². The molecule has 9 nitrogen and oxygen atoms in total. The molecule has 3 heterocycles. The Morgan fingerprint density at radius 2 is 2.03 bits per heavy atom. The molecule has 0 radical (unpaired) electrons. The van der Waals surface area contributed by atoms with E-state index in [-0.39, 0.29) is 18.1 Å². The highest BCUT2D eigenvalue weighted by Gasteiger charge is 2.25. The summed E-state index contributed by atoms with van der Waals surface area (Å²) in [4.78, 5) is 30.7. The van der Waals surface area contributed by atoms with Crippen molar-refractivity contribution in [3.63, 3.8) is 0 Å². The quantitative estimate of drug-likeness (QED) is 0.530. The highest BCUT2D eigenvalue weighted by molar-refractivity contribution is 6.35. The Balaban J connectivity index is 1.48. The number of amides is 2. The van der Waals surface area contributed by atoms with Gasteiger partial charge >= 0.3 is 6.03 Å². The molecule has 0 spiro atoms. The van der Waals surface area contributed by atoms with Gasteiger partial charge in [0, 0.05) is 5.69 Å². The van der Waals surface area contributed by atoms with Crippen LogP contribution in [0.25, 0.3) is 16.6 Å². The molecule has 1 aromatic heterocycles. The number of nitrogens with one attached hydrogen (secondary N) is 3. The van der Waals surface area contributed by atoms with Crippen molar-refractivity contribution in [2.75, 3.05) is 31.6 Å². The minimum Gasteiger partial charge on any atom is -0.348 e. The van der Waals surface area contributed by atoms with E-state index in [9.17, 15) is 9.59 Å². The van der Waals surface area contributed by atoms with Crippen LogP contribution in [0, 0.1) is 0 Å². The Morgan fingerprint density at radius 3 is 2.82 bits per heavy atom. The smallest absolute Gasteiger partial charge is 0.319 e. The second-order valence-electron chi connectivity index (χ2n) is 7.95. The third-order valence-corrected chi connectivity index (χ3v) is 6.04. The van der Waals surface area contributed by atoms with E-state index in [0.717, 1.165) is 19.4 Å². The number of anilines is 1. The predicted octanol–water partition coefficient (Wildman–Crippen LogP) is 2.96. The van der Waals surface area contributed by atoms with E-state index in [1.165, 1.54) is 0 Å². The maximum absolute atomic E-state index is 13.6. The van der Waals surface area contributed by atoms with Crippen molar-refractivity contribution < 1.29 is 14.3 Å². The Morgan fingerprint density at radius 1 is 1.21 bits per heavy atom. The Labute approximate surface area is 195 Å².